The predicted octanol–water partition coefficient (Wildman–Crippen LogP) is 3.52. The topological polar surface area (TPSA) is 94.1 Å². The first-order valence-corrected chi connectivity index (χ1v) is 12.2. The first-order chi connectivity index (χ1) is 14.8. The molecule has 8 nitrogen and oxygen atoms in total. The van der Waals surface area contributed by atoms with Crippen LogP contribution in [0.5, 0.6) is 0 Å². The number of nitrogens with zero attached hydrogens (tertiary/aromatic N) is 5. The van der Waals surface area contributed by atoms with Crippen LogP contribution in [0, 0.1) is 26.7 Å². The van der Waals surface area contributed by atoms with E-state index in [4.69, 9.17) is 4.52 Å². The van der Waals surface area contributed by atoms with Gasteiger partial charge in [-0.15, -0.1) is 0 Å². The first kappa shape index (κ1) is 21.7. The molecule has 1 aromatic carbocycles. The van der Waals surface area contributed by atoms with Crippen molar-refractivity contribution in [1.82, 2.24) is 24.2 Å². The Bertz CT molecular complexity index is 1180. The van der Waals surface area contributed by atoms with Crippen LogP contribution in [0.15, 0.2) is 33.7 Å². The van der Waals surface area contributed by atoms with Crippen molar-refractivity contribution < 1.29 is 12.9 Å². The van der Waals surface area contributed by atoms with Gasteiger partial charge in [0.05, 0.1) is 11.4 Å². The quantitative estimate of drug-likeness (QED) is 0.579. The molecule has 1 saturated heterocycles. The molecule has 3 aromatic rings. The van der Waals surface area contributed by atoms with Gasteiger partial charge in [0.15, 0.2) is 0 Å². The molecule has 166 valence electrons. The maximum atomic E-state index is 13.4. The van der Waals surface area contributed by atoms with Gasteiger partial charge in [0.2, 0.25) is 21.7 Å². The first-order valence-electron chi connectivity index (χ1n) is 10.7. The molecule has 1 aliphatic rings. The van der Waals surface area contributed by atoms with Gasteiger partial charge in [0, 0.05) is 31.6 Å². The number of hydrogen-bond acceptors (Lipinski definition) is 6. The second-order valence-corrected chi connectivity index (χ2v) is 10.1. The van der Waals surface area contributed by atoms with Gasteiger partial charge in [-0.05, 0) is 52.0 Å². The normalized spacial score (nSPS) is 17.9. The van der Waals surface area contributed by atoms with E-state index in [9.17, 15) is 8.42 Å². The molecular weight excluding hydrogens is 414 g/mol. The van der Waals surface area contributed by atoms with Crippen LogP contribution in [0.1, 0.15) is 42.6 Å². The highest BCUT2D eigenvalue weighted by atomic mass is 32.2. The predicted molar refractivity (Wildman–Crippen MR) is 117 cm³/mol. The molecule has 3 heterocycles. The molecule has 1 atom stereocenters. The summed E-state index contributed by atoms with van der Waals surface area (Å²) in [6.07, 6.45) is 2.31. The molecule has 4 rings (SSSR count). The zero-order valence-electron chi connectivity index (χ0n) is 18.5. The van der Waals surface area contributed by atoms with Crippen molar-refractivity contribution in [2.45, 2.75) is 58.4 Å². The summed E-state index contributed by atoms with van der Waals surface area (Å²) in [5.41, 5.74) is 3.29. The number of sulfonamides is 1. The van der Waals surface area contributed by atoms with Crippen molar-refractivity contribution in [3.05, 3.63) is 47.1 Å². The summed E-state index contributed by atoms with van der Waals surface area (Å²) in [4.78, 5) is 4.91. The SMILES string of the molecule is CCn1nc(C)c(S(=O)(=O)N2CCCC(Cc3nc(-c4ccccc4C)no3)C2)c1C. The highest BCUT2D eigenvalue weighted by molar-refractivity contribution is 7.89. The Labute approximate surface area is 183 Å². The van der Waals surface area contributed by atoms with Gasteiger partial charge in [0.1, 0.15) is 4.90 Å². The molecule has 0 spiro atoms. The van der Waals surface area contributed by atoms with Crippen LogP contribution in [0.25, 0.3) is 11.4 Å². The van der Waals surface area contributed by atoms with E-state index >= 15 is 0 Å². The highest BCUT2D eigenvalue weighted by Crippen LogP contribution is 2.29. The monoisotopic (exact) mass is 443 g/mol. The summed E-state index contributed by atoms with van der Waals surface area (Å²) in [5, 5.41) is 8.53. The molecule has 0 bridgehead atoms. The number of aromatic nitrogens is 4. The second kappa shape index (κ2) is 8.55. The van der Waals surface area contributed by atoms with Crippen LogP contribution in [-0.2, 0) is 23.0 Å². The average molecular weight is 444 g/mol. The van der Waals surface area contributed by atoms with Gasteiger partial charge in [-0.1, -0.05) is 29.4 Å². The summed E-state index contributed by atoms with van der Waals surface area (Å²) >= 11 is 0. The van der Waals surface area contributed by atoms with E-state index in [1.807, 2.05) is 45.0 Å². The summed E-state index contributed by atoms with van der Waals surface area (Å²) in [6, 6.07) is 7.91. The molecular formula is C22H29N5O3S. The lowest BCUT2D eigenvalue weighted by molar-refractivity contribution is 0.247. The lowest BCUT2D eigenvalue weighted by Crippen LogP contribution is -2.40. The molecule has 0 N–H and O–H groups in total. The fourth-order valence-electron chi connectivity index (χ4n) is 4.42. The summed E-state index contributed by atoms with van der Waals surface area (Å²) in [7, 11) is -3.60. The minimum atomic E-state index is -3.60. The fourth-order valence-corrected chi connectivity index (χ4v) is 6.35. The minimum absolute atomic E-state index is 0.135. The number of rotatable bonds is 6. The van der Waals surface area contributed by atoms with Crippen LogP contribution in [-0.4, -0.2) is 45.7 Å². The minimum Gasteiger partial charge on any atom is -0.339 e. The molecule has 0 amide bonds. The fraction of sp³-hybridized carbons (Fsp3) is 0.500. The smallest absolute Gasteiger partial charge is 0.246 e. The lowest BCUT2D eigenvalue weighted by Gasteiger charge is -2.31. The zero-order chi connectivity index (χ0) is 22.2. The average Bonchev–Trinajstić information content (AvgIpc) is 3.32. The van der Waals surface area contributed by atoms with Crippen LogP contribution in [0.2, 0.25) is 0 Å². The van der Waals surface area contributed by atoms with Crippen molar-refractivity contribution in [3.8, 4) is 11.4 Å². The van der Waals surface area contributed by atoms with Gasteiger partial charge in [-0.2, -0.15) is 14.4 Å². The van der Waals surface area contributed by atoms with Crippen LogP contribution >= 0.6 is 0 Å². The maximum Gasteiger partial charge on any atom is 0.246 e. The summed E-state index contributed by atoms with van der Waals surface area (Å²) < 4.78 is 35.6. The van der Waals surface area contributed by atoms with Crippen molar-refractivity contribution in [1.29, 1.82) is 0 Å². The van der Waals surface area contributed by atoms with Gasteiger partial charge in [0.25, 0.3) is 0 Å². The molecule has 0 aliphatic carbocycles. The molecule has 1 fully saturated rings. The maximum absolute atomic E-state index is 13.4. The molecule has 2 aromatic heterocycles. The number of aryl methyl sites for hydroxylation is 3. The van der Waals surface area contributed by atoms with E-state index in [-0.39, 0.29) is 5.92 Å². The molecule has 1 aliphatic heterocycles. The Morgan fingerprint density at radius 2 is 1.97 bits per heavy atom. The molecule has 9 heteroatoms. The lowest BCUT2D eigenvalue weighted by atomic mass is 9.96. The van der Waals surface area contributed by atoms with Gasteiger partial charge in [-0.25, -0.2) is 8.42 Å². The van der Waals surface area contributed by atoms with E-state index in [2.05, 4.69) is 15.2 Å². The second-order valence-electron chi connectivity index (χ2n) is 8.22. The van der Waals surface area contributed by atoms with Crippen molar-refractivity contribution in [2.24, 2.45) is 5.92 Å². The van der Waals surface area contributed by atoms with Gasteiger partial charge < -0.3 is 4.52 Å². The van der Waals surface area contributed by atoms with E-state index in [0.717, 1.165) is 24.0 Å². The van der Waals surface area contributed by atoms with Crippen LogP contribution in [0.3, 0.4) is 0 Å². The Kier molecular flexibility index (Phi) is 5.98. The van der Waals surface area contributed by atoms with Crippen LogP contribution < -0.4 is 0 Å². The van der Waals surface area contributed by atoms with Gasteiger partial charge in [-0.3, -0.25) is 4.68 Å². The third-order valence-electron chi connectivity index (χ3n) is 6.01. The third-order valence-corrected chi connectivity index (χ3v) is 8.13. The van der Waals surface area contributed by atoms with Crippen LogP contribution in [0.4, 0.5) is 0 Å². The number of benzene rings is 1. The Hall–Kier alpha value is -2.52. The van der Waals surface area contributed by atoms with Crippen molar-refractivity contribution in [3.63, 3.8) is 0 Å². The van der Waals surface area contributed by atoms with E-state index in [1.165, 1.54) is 0 Å². The van der Waals surface area contributed by atoms with E-state index < -0.39 is 10.0 Å². The molecule has 0 radical (unpaired) electrons. The largest absolute Gasteiger partial charge is 0.339 e. The van der Waals surface area contributed by atoms with E-state index in [0.29, 0.717) is 54.1 Å². The Balaban J connectivity index is 1.51. The van der Waals surface area contributed by atoms with Gasteiger partial charge >= 0.3 is 0 Å². The van der Waals surface area contributed by atoms with Crippen molar-refractivity contribution in [2.75, 3.05) is 13.1 Å². The standard InChI is InChI=1S/C22H29N5O3S/c1-5-27-17(4)21(16(3)24-27)31(28,29)26-12-8-10-18(14-26)13-20-23-22(25-30-20)19-11-7-6-9-15(19)2/h6-7,9,11,18H,5,8,10,12-14H2,1-4H3. The van der Waals surface area contributed by atoms with E-state index in [1.54, 1.807) is 15.9 Å². The Morgan fingerprint density at radius 1 is 1.19 bits per heavy atom. The Morgan fingerprint density at radius 3 is 2.68 bits per heavy atom. The third kappa shape index (κ3) is 4.16. The summed E-state index contributed by atoms with van der Waals surface area (Å²) in [5.74, 6) is 1.26. The molecule has 1 unspecified atom stereocenters. The molecule has 31 heavy (non-hydrogen) atoms. The number of piperidine rings is 1. The highest BCUT2D eigenvalue weighted by Gasteiger charge is 2.34. The van der Waals surface area contributed by atoms with Crippen molar-refractivity contribution >= 4 is 10.0 Å². The summed E-state index contributed by atoms with van der Waals surface area (Å²) in [6.45, 7) is 9.17. The number of hydrogen-bond donors (Lipinski definition) is 0. The zero-order valence-corrected chi connectivity index (χ0v) is 19.3. The molecule has 0 saturated carbocycles.